The first-order chi connectivity index (χ1) is 7.61. The SMILES string of the molecule is CN(C)CCC(=O)N(C)C1CCCNCC1. The predicted molar refractivity (Wildman–Crippen MR) is 66.4 cm³/mol. The summed E-state index contributed by atoms with van der Waals surface area (Å²) in [6.45, 7) is 2.97. The number of hydrogen-bond donors (Lipinski definition) is 1. The number of carbonyl (C=O) groups excluding carboxylic acids is 1. The van der Waals surface area contributed by atoms with Crippen molar-refractivity contribution in [2.45, 2.75) is 31.7 Å². The maximum absolute atomic E-state index is 11.9. The van der Waals surface area contributed by atoms with Crippen molar-refractivity contribution in [2.75, 3.05) is 40.8 Å². The third-order valence-corrected chi connectivity index (χ3v) is 3.26. The summed E-state index contributed by atoms with van der Waals surface area (Å²) in [5.74, 6) is 0.278. The van der Waals surface area contributed by atoms with Crippen molar-refractivity contribution in [3.05, 3.63) is 0 Å². The Morgan fingerprint density at radius 1 is 1.25 bits per heavy atom. The van der Waals surface area contributed by atoms with E-state index < -0.39 is 0 Å². The van der Waals surface area contributed by atoms with Crippen molar-refractivity contribution in [3.8, 4) is 0 Å². The molecule has 16 heavy (non-hydrogen) atoms. The quantitative estimate of drug-likeness (QED) is 0.761. The predicted octanol–water partition coefficient (Wildman–Crippen LogP) is 0.539. The summed E-state index contributed by atoms with van der Waals surface area (Å²) in [5, 5.41) is 3.38. The molecule has 1 aliphatic rings. The van der Waals surface area contributed by atoms with Gasteiger partial charge in [-0.2, -0.15) is 0 Å². The lowest BCUT2D eigenvalue weighted by molar-refractivity contribution is -0.132. The maximum atomic E-state index is 11.9. The van der Waals surface area contributed by atoms with Crippen LogP contribution in [-0.2, 0) is 4.79 Å². The highest BCUT2D eigenvalue weighted by Gasteiger charge is 2.20. The molecule has 1 atom stereocenters. The van der Waals surface area contributed by atoms with Crippen molar-refractivity contribution in [3.63, 3.8) is 0 Å². The zero-order valence-electron chi connectivity index (χ0n) is 10.8. The molecule has 1 unspecified atom stereocenters. The number of amides is 1. The zero-order valence-corrected chi connectivity index (χ0v) is 10.8. The Labute approximate surface area is 99.0 Å². The van der Waals surface area contributed by atoms with Crippen LogP contribution in [0.1, 0.15) is 25.7 Å². The minimum absolute atomic E-state index is 0.278. The molecule has 1 saturated heterocycles. The van der Waals surface area contributed by atoms with E-state index in [4.69, 9.17) is 0 Å². The fourth-order valence-electron chi connectivity index (χ4n) is 2.09. The smallest absolute Gasteiger partial charge is 0.223 e. The molecule has 1 N–H and O–H groups in total. The third kappa shape index (κ3) is 4.49. The van der Waals surface area contributed by atoms with E-state index in [1.54, 1.807) is 0 Å². The Kier molecular flexibility index (Phi) is 5.77. The molecule has 4 nitrogen and oxygen atoms in total. The van der Waals surface area contributed by atoms with Gasteiger partial charge in [0.15, 0.2) is 0 Å². The lowest BCUT2D eigenvalue weighted by Gasteiger charge is -2.27. The first-order valence-corrected chi connectivity index (χ1v) is 6.22. The van der Waals surface area contributed by atoms with Gasteiger partial charge in [0, 0.05) is 26.1 Å². The second-order valence-corrected chi connectivity index (χ2v) is 4.89. The molecular formula is C12H25N3O. The molecule has 1 aliphatic heterocycles. The van der Waals surface area contributed by atoms with Gasteiger partial charge in [0.2, 0.25) is 5.91 Å². The summed E-state index contributed by atoms with van der Waals surface area (Å²) in [6.07, 6.45) is 4.03. The first-order valence-electron chi connectivity index (χ1n) is 6.22. The molecule has 0 spiro atoms. The minimum atomic E-state index is 0.278. The molecule has 0 aromatic rings. The summed E-state index contributed by atoms with van der Waals surface area (Å²) >= 11 is 0. The molecule has 0 aliphatic carbocycles. The van der Waals surface area contributed by atoms with Gasteiger partial charge in [0.1, 0.15) is 0 Å². The van der Waals surface area contributed by atoms with Crippen LogP contribution >= 0.6 is 0 Å². The summed E-state index contributed by atoms with van der Waals surface area (Å²) in [4.78, 5) is 15.9. The van der Waals surface area contributed by atoms with Crippen LogP contribution in [0.15, 0.2) is 0 Å². The topological polar surface area (TPSA) is 35.6 Å². The largest absolute Gasteiger partial charge is 0.343 e. The number of rotatable bonds is 4. The molecular weight excluding hydrogens is 202 g/mol. The molecule has 1 rings (SSSR count). The molecule has 4 heteroatoms. The van der Waals surface area contributed by atoms with Crippen molar-refractivity contribution in [1.29, 1.82) is 0 Å². The first kappa shape index (κ1) is 13.5. The summed E-state index contributed by atoms with van der Waals surface area (Å²) < 4.78 is 0. The van der Waals surface area contributed by atoms with Crippen molar-refractivity contribution < 1.29 is 4.79 Å². The average molecular weight is 227 g/mol. The summed E-state index contributed by atoms with van der Waals surface area (Å²) in [7, 11) is 5.96. The van der Waals surface area contributed by atoms with Crippen LogP contribution in [0.3, 0.4) is 0 Å². The zero-order chi connectivity index (χ0) is 12.0. The number of carbonyl (C=O) groups is 1. The second kappa shape index (κ2) is 6.86. The average Bonchev–Trinajstić information content (AvgIpc) is 2.53. The lowest BCUT2D eigenvalue weighted by Crippen LogP contribution is -2.38. The number of nitrogens with zero attached hydrogens (tertiary/aromatic N) is 2. The van der Waals surface area contributed by atoms with Crippen LogP contribution in [0.25, 0.3) is 0 Å². The van der Waals surface area contributed by atoms with Crippen LogP contribution in [-0.4, -0.2) is 62.5 Å². The van der Waals surface area contributed by atoms with E-state index in [1.807, 2.05) is 26.0 Å². The van der Waals surface area contributed by atoms with Crippen LogP contribution in [0, 0.1) is 0 Å². The molecule has 1 fully saturated rings. The van der Waals surface area contributed by atoms with Gasteiger partial charge in [-0.3, -0.25) is 4.79 Å². The van der Waals surface area contributed by atoms with Gasteiger partial charge >= 0.3 is 0 Å². The summed E-state index contributed by atoms with van der Waals surface area (Å²) in [5.41, 5.74) is 0. The standard InChI is InChI=1S/C12H25N3O/c1-14(2)10-7-12(16)15(3)11-5-4-8-13-9-6-11/h11,13H,4-10H2,1-3H3. The van der Waals surface area contributed by atoms with Crippen molar-refractivity contribution >= 4 is 5.91 Å². The Morgan fingerprint density at radius 2 is 2.00 bits per heavy atom. The molecule has 0 aromatic heterocycles. The normalized spacial score (nSPS) is 21.9. The van der Waals surface area contributed by atoms with Gasteiger partial charge in [-0.15, -0.1) is 0 Å². The van der Waals surface area contributed by atoms with E-state index in [-0.39, 0.29) is 5.91 Å². The van der Waals surface area contributed by atoms with E-state index in [9.17, 15) is 4.79 Å². The second-order valence-electron chi connectivity index (χ2n) is 4.89. The molecule has 0 aromatic carbocycles. The van der Waals surface area contributed by atoms with Gasteiger partial charge in [0.25, 0.3) is 0 Å². The highest BCUT2D eigenvalue weighted by Crippen LogP contribution is 2.12. The van der Waals surface area contributed by atoms with Crippen molar-refractivity contribution in [2.24, 2.45) is 0 Å². The molecule has 0 saturated carbocycles. The van der Waals surface area contributed by atoms with Crippen LogP contribution in [0.5, 0.6) is 0 Å². The molecule has 0 radical (unpaired) electrons. The monoisotopic (exact) mass is 227 g/mol. The highest BCUT2D eigenvalue weighted by atomic mass is 16.2. The summed E-state index contributed by atoms with van der Waals surface area (Å²) in [6, 6.07) is 0.435. The third-order valence-electron chi connectivity index (χ3n) is 3.26. The van der Waals surface area contributed by atoms with E-state index in [0.29, 0.717) is 12.5 Å². The Bertz CT molecular complexity index is 210. The van der Waals surface area contributed by atoms with Gasteiger partial charge < -0.3 is 15.1 Å². The molecule has 1 amide bonds. The highest BCUT2D eigenvalue weighted by molar-refractivity contribution is 5.76. The van der Waals surface area contributed by atoms with Gasteiger partial charge in [-0.05, 0) is 46.4 Å². The Balaban J connectivity index is 2.35. The van der Waals surface area contributed by atoms with Crippen molar-refractivity contribution in [1.82, 2.24) is 15.1 Å². The van der Waals surface area contributed by atoms with E-state index in [2.05, 4.69) is 10.2 Å². The molecule has 0 bridgehead atoms. The molecule has 1 heterocycles. The van der Waals surface area contributed by atoms with Gasteiger partial charge in [0.05, 0.1) is 0 Å². The lowest BCUT2D eigenvalue weighted by atomic mass is 10.1. The van der Waals surface area contributed by atoms with E-state index >= 15 is 0 Å². The van der Waals surface area contributed by atoms with Crippen LogP contribution in [0.2, 0.25) is 0 Å². The van der Waals surface area contributed by atoms with Crippen LogP contribution < -0.4 is 5.32 Å². The molecule has 94 valence electrons. The fourth-order valence-corrected chi connectivity index (χ4v) is 2.09. The number of hydrogen-bond acceptors (Lipinski definition) is 3. The Hall–Kier alpha value is -0.610. The fraction of sp³-hybridized carbons (Fsp3) is 0.917. The van der Waals surface area contributed by atoms with Crippen LogP contribution in [0.4, 0.5) is 0 Å². The van der Waals surface area contributed by atoms with E-state index in [1.165, 1.54) is 6.42 Å². The maximum Gasteiger partial charge on any atom is 0.223 e. The van der Waals surface area contributed by atoms with Gasteiger partial charge in [-0.25, -0.2) is 0 Å². The van der Waals surface area contributed by atoms with E-state index in [0.717, 1.165) is 32.5 Å². The van der Waals surface area contributed by atoms with Gasteiger partial charge in [-0.1, -0.05) is 0 Å². The Morgan fingerprint density at radius 3 is 2.69 bits per heavy atom. The number of nitrogens with one attached hydrogen (secondary N) is 1. The minimum Gasteiger partial charge on any atom is -0.343 e.